The minimum atomic E-state index is -1.56. The first-order valence-corrected chi connectivity index (χ1v) is 16.2. The highest BCUT2D eigenvalue weighted by Crippen LogP contribution is 2.65. The highest BCUT2D eigenvalue weighted by molar-refractivity contribution is 6.30. The van der Waals surface area contributed by atoms with Crippen LogP contribution >= 0.6 is 11.6 Å². The van der Waals surface area contributed by atoms with Crippen molar-refractivity contribution in [3.8, 4) is 5.75 Å². The molecule has 2 heterocycles. The van der Waals surface area contributed by atoms with Crippen LogP contribution in [0.3, 0.4) is 0 Å². The van der Waals surface area contributed by atoms with Crippen LogP contribution in [0.25, 0.3) is 0 Å². The predicted octanol–water partition coefficient (Wildman–Crippen LogP) is 6.37. The van der Waals surface area contributed by atoms with Crippen LogP contribution in [0.1, 0.15) is 29.9 Å². The third-order valence-electron chi connectivity index (χ3n) is 10.5. The van der Waals surface area contributed by atoms with Crippen LogP contribution in [0.2, 0.25) is 5.02 Å². The van der Waals surface area contributed by atoms with E-state index in [2.05, 4.69) is 5.43 Å². The van der Waals surface area contributed by atoms with Crippen LogP contribution in [0.4, 0.5) is 15.8 Å². The number of para-hydroxylation sites is 2. The van der Waals surface area contributed by atoms with Gasteiger partial charge in [-0.25, -0.2) is 4.39 Å². The van der Waals surface area contributed by atoms with Gasteiger partial charge in [0.05, 0.1) is 34.5 Å². The summed E-state index contributed by atoms with van der Waals surface area (Å²) in [5, 5.41) is 12.8. The number of hydrogen-bond acceptors (Lipinski definition) is 6. The number of fused-ring (bicyclic) bond motifs is 4. The van der Waals surface area contributed by atoms with Crippen molar-refractivity contribution in [3.05, 3.63) is 137 Å². The number of halogens is 2. The summed E-state index contributed by atoms with van der Waals surface area (Å²) in [5.74, 6) is -6.14. The largest absolute Gasteiger partial charge is 0.508 e. The first kappa shape index (κ1) is 30.1. The number of allylic oxidation sites excluding steroid dienone is 2. The zero-order valence-corrected chi connectivity index (χ0v) is 26.2. The molecule has 0 spiro atoms. The van der Waals surface area contributed by atoms with E-state index in [9.17, 15) is 23.9 Å². The average Bonchev–Trinajstić information content (AvgIpc) is 3.47. The average molecular weight is 662 g/mol. The lowest BCUT2D eigenvalue weighted by molar-refractivity contribution is -0.138. The van der Waals surface area contributed by atoms with Gasteiger partial charge in [0.2, 0.25) is 11.8 Å². The molecule has 2 aliphatic carbocycles. The number of imide groups is 2. The second kappa shape index (κ2) is 11.2. The number of anilines is 2. The number of amides is 4. The van der Waals surface area contributed by atoms with Gasteiger partial charge in [-0.15, -0.1) is 0 Å². The zero-order valence-electron chi connectivity index (χ0n) is 25.4. The van der Waals surface area contributed by atoms with Gasteiger partial charge in [0.1, 0.15) is 11.6 Å². The Morgan fingerprint density at radius 3 is 2.19 bits per heavy atom. The molecular weight excluding hydrogens is 633 g/mol. The summed E-state index contributed by atoms with van der Waals surface area (Å²) >= 11 is 6.32. The highest BCUT2D eigenvalue weighted by atomic mass is 35.5. The van der Waals surface area contributed by atoms with Crippen molar-refractivity contribution in [1.29, 1.82) is 0 Å². The van der Waals surface area contributed by atoms with Crippen molar-refractivity contribution >= 4 is 46.6 Å². The minimum Gasteiger partial charge on any atom is -0.508 e. The first-order chi connectivity index (χ1) is 23.2. The number of rotatable bonds is 5. The number of carbonyl (C=O) groups is 4. The Morgan fingerprint density at radius 1 is 0.792 bits per heavy atom. The number of phenols is 1. The molecule has 6 atom stereocenters. The van der Waals surface area contributed by atoms with Crippen molar-refractivity contribution < 1.29 is 28.7 Å². The monoisotopic (exact) mass is 661 g/mol. The molecule has 2 N–H and O–H groups in total. The SMILES string of the molecule is O=C1[C@@H]2C[C@@H]3C(=CC[C@@H]4C(=O)N(c5ccccc5)C(=O)[C@@H]43)[C@H](c3ccccc3O)[C@]2(c2ccc(Cl)cc2)C(=O)N1Nc1ccc(F)cc1. The molecule has 2 saturated heterocycles. The number of aromatic hydroxyl groups is 1. The molecule has 240 valence electrons. The Hall–Kier alpha value is -5.28. The fourth-order valence-corrected chi connectivity index (χ4v) is 8.69. The highest BCUT2D eigenvalue weighted by Gasteiger charge is 2.70. The second-order valence-electron chi connectivity index (χ2n) is 12.8. The zero-order chi connectivity index (χ0) is 33.3. The summed E-state index contributed by atoms with van der Waals surface area (Å²) in [4.78, 5) is 59.1. The number of carbonyl (C=O) groups excluding carboxylic acids is 4. The fraction of sp³-hybridized carbons (Fsp3) is 0.211. The predicted molar refractivity (Wildman–Crippen MR) is 176 cm³/mol. The number of nitrogens with one attached hydrogen (secondary N) is 1. The Balaban J connectivity index is 1.33. The Bertz CT molecular complexity index is 2020. The molecule has 4 aliphatic rings. The van der Waals surface area contributed by atoms with E-state index < -0.39 is 52.6 Å². The van der Waals surface area contributed by atoms with Gasteiger partial charge in [0.15, 0.2) is 0 Å². The Kier molecular flexibility index (Phi) is 7.00. The van der Waals surface area contributed by atoms with Crippen molar-refractivity contribution in [2.45, 2.75) is 24.2 Å². The lowest BCUT2D eigenvalue weighted by Crippen LogP contribution is -2.53. The standard InChI is InChI=1S/C38H29ClFN3O5/c39-22-12-10-21(11-13-22)38-30(35(46)43(37(38)48)41-24-16-14-23(40)15-17-24)20-29-26(33(38)27-8-4-5-9-31(27)44)18-19-28-32(29)36(47)42(34(28)45)25-6-2-1-3-7-25/h1-18,28-30,32-33,41,44H,19-20H2/t28-,29+,30-,32-,33+,38+/m0/s1. The van der Waals surface area contributed by atoms with Gasteiger partial charge in [-0.05, 0) is 78.9 Å². The molecule has 4 aromatic carbocycles. The summed E-state index contributed by atoms with van der Waals surface area (Å²) in [6, 6.07) is 27.6. The molecule has 8 nitrogen and oxygen atoms in total. The van der Waals surface area contributed by atoms with E-state index in [1.807, 2.05) is 12.1 Å². The van der Waals surface area contributed by atoms with Gasteiger partial charge in [-0.3, -0.25) is 29.5 Å². The fourth-order valence-electron chi connectivity index (χ4n) is 8.56. The normalized spacial score (nSPS) is 27.8. The summed E-state index contributed by atoms with van der Waals surface area (Å²) in [6.45, 7) is 0. The van der Waals surface area contributed by atoms with E-state index in [1.54, 1.807) is 66.7 Å². The third kappa shape index (κ3) is 4.27. The van der Waals surface area contributed by atoms with Crippen LogP contribution in [0, 0.1) is 29.5 Å². The molecule has 4 amide bonds. The lowest BCUT2D eigenvalue weighted by atomic mass is 9.49. The number of benzene rings is 4. The number of hydrazine groups is 1. The topological polar surface area (TPSA) is 107 Å². The van der Waals surface area contributed by atoms with Gasteiger partial charge in [0, 0.05) is 16.5 Å². The summed E-state index contributed by atoms with van der Waals surface area (Å²) in [7, 11) is 0. The summed E-state index contributed by atoms with van der Waals surface area (Å²) < 4.78 is 13.8. The van der Waals surface area contributed by atoms with E-state index in [1.165, 1.54) is 35.2 Å². The van der Waals surface area contributed by atoms with Gasteiger partial charge < -0.3 is 5.11 Å². The van der Waals surface area contributed by atoms with E-state index in [0.717, 1.165) is 10.6 Å². The smallest absolute Gasteiger partial charge is 0.260 e. The molecule has 0 aromatic heterocycles. The molecule has 8 rings (SSSR count). The molecule has 2 aliphatic heterocycles. The Morgan fingerprint density at radius 2 is 1.48 bits per heavy atom. The second-order valence-corrected chi connectivity index (χ2v) is 13.2. The van der Waals surface area contributed by atoms with Crippen molar-refractivity contribution in [3.63, 3.8) is 0 Å². The molecule has 1 saturated carbocycles. The van der Waals surface area contributed by atoms with Gasteiger partial charge in [0.25, 0.3) is 11.8 Å². The van der Waals surface area contributed by atoms with Crippen LogP contribution in [-0.2, 0) is 24.6 Å². The maximum Gasteiger partial charge on any atom is 0.260 e. The number of hydrogen-bond donors (Lipinski definition) is 2. The van der Waals surface area contributed by atoms with Crippen LogP contribution in [0.15, 0.2) is 115 Å². The third-order valence-corrected chi connectivity index (χ3v) is 10.8. The number of phenolic OH excluding ortho intramolecular Hbond substituents is 1. The van der Waals surface area contributed by atoms with E-state index in [0.29, 0.717) is 27.5 Å². The van der Waals surface area contributed by atoms with Crippen molar-refractivity contribution in [2.75, 3.05) is 10.3 Å². The quantitative estimate of drug-likeness (QED) is 0.190. The molecule has 0 radical (unpaired) electrons. The summed E-state index contributed by atoms with van der Waals surface area (Å²) in [5.41, 5.74) is 3.84. The molecule has 0 unspecified atom stereocenters. The van der Waals surface area contributed by atoms with Crippen LogP contribution in [-0.4, -0.2) is 33.7 Å². The van der Waals surface area contributed by atoms with Gasteiger partial charge in [-0.2, -0.15) is 5.01 Å². The molecular formula is C38H29ClFN3O5. The van der Waals surface area contributed by atoms with E-state index in [4.69, 9.17) is 11.6 Å². The van der Waals surface area contributed by atoms with Crippen LogP contribution < -0.4 is 10.3 Å². The van der Waals surface area contributed by atoms with Crippen molar-refractivity contribution in [2.24, 2.45) is 23.7 Å². The van der Waals surface area contributed by atoms with E-state index in [-0.39, 0.29) is 30.4 Å². The van der Waals surface area contributed by atoms with Gasteiger partial charge >= 0.3 is 0 Å². The maximum atomic E-state index is 15.1. The van der Waals surface area contributed by atoms with Crippen molar-refractivity contribution in [1.82, 2.24) is 5.01 Å². The van der Waals surface area contributed by atoms with Crippen LogP contribution in [0.5, 0.6) is 5.75 Å². The Labute approximate surface area is 280 Å². The van der Waals surface area contributed by atoms with E-state index >= 15 is 4.79 Å². The molecule has 48 heavy (non-hydrogen) atoms. The maximum absolute atomic E-state index is 15.1. The first-order valence-electron chi connectivity index (χ1n) is 15.8. The molecule has 4 aromatic rings. The number of nitrogens with zero attached hydrogens (tertiary/aromatic N) is 2. The minimum absolute atomic E-state index is 0.0665. The van der Waals surface area contributed by atoms with Gasteiger partial charge in [-0.1, -0.05) is 71.8 Å². The molecule has 10 heteroatoms. The summed E-state index contributed by atoms with van der Waals surface area (Å²) in [6.07, 6.45) is 2.30. The molecule has 3 fully saturated rings. The lowest BCUT2D eigenvalue weighted by Gasteiger charge is -2.50. The molecule has 0 bridgehead atoms.